The van der Waals surface area contributed by atoms with Crippen molar-refractivity contribution in [3.05, 3.63) is 77.1 Å². The maximum absolute atomic E-state index is 13.0. The molecule has 0 saturated carbocycles. The van der Waals surface area contributed by atoms with E-state index in [0.717, 1.165) is 29.7 Å². The van der Waals surface area contributed by atoms with Gasteiger partial charge in [0.2, 0.25) is 11.8 Å². The average Bonchev–Trinajstić information content (AvgIpc) is 3.43. The van der Waals surface area contributed by atoms with Crippen LogP contribution in [-0.4, -0.2) is 45.8 Å². The van der Waals surface area contributed by atoms with Crippen LogP contribution in [0.3, 0.4) is 0 Å². The van der Waals surface area contributed by atoms with Crippen molar-refractivity contribution in [1.29, 1.82) is 0 Å². The van der Waals surface area contributed by atoms with Crippen molar-refractivity contribution < 1.29 is 9.59 Å². The molecule has 35 heavy (non-hydrogen) atoms. The van der Waals surface area contributed by atoms with Crippen LogP contribution in [0.25, 0.3) is 21.8 Å². The van der Waals surface area contributed by atoms with Crippen LogP contribution >= 0.6 is 11.6 Å². The van der Waals surface area contributed by atoms with E-state index in [1.807, 2.05) is 37.4 Å². The van der Waals surface area contributed by atoms with E-state index in [4.69, 9.17) is 11.6 Å². The van der Waals surface area contributed by atoms with Gasteiger partial charge in [-0.1, -0.05) is 54.1 Å². The second kappa shape index (κ2) is 9.70. The van der Waals surface area contributed by atoms with Gasteiger partial charge in [-0.2, -0.15) is 0 Å². The molecule has 5 rings (SSSR count). The van der Waals surface area contributed by atoms with E-state index in [-0.39, 0.29) is 11.8 Å². The first-order chi connectivity index (χ1) is 16.9. The van der Waals surface area contributed by atoms with Crippen LogP contribution in [0.15, 0.2) is 60.7 Å². The third-order valence-electron chi connectivity index (χ3n) is 7.06. The van der Waals surface area contributed by atoms with E-state index < -0.39 is 5.54 Å². The molecule has 1 saturated heterocycles. The Balaban J connectivity index is 1.23. The lowest BCUT2D eigenvalue weighted by atomic mass is 9.83. The molecule has 1 aromatic heterocycles. The minimum absolute atomic E-state index is 0.0658. The van der Waals surface area contributed by atoms with Crippen molar-refractivity contribution in [2.45, 2.75) is 44.1 Å². The molecule has 0 bridgehead atoms. The summed E-state index contributed by atoms with van der Waals surface area (Å²) in [6.07, 6.45) is 3.61. The Kier molecular flexibility index (Phi) is 6.48. The fourth-order valence-electron chi connectivity index (χ4n) is 5.08. The number of aromatic nitrogens is 2. The van der Waals surface area contributed by atoms with Crippen LogP contribution in [-0.2, 0) is 22.4 Å². The SMILES string of the molecule is CN(CCc1nc2ccc(Cl)cc2[nH]1)C(=O)CCC1(Cc2cccc3ccccc23)CCC(=O)N1. The highest BCUT2D eigenvalue weighted by Gasteiger charge is 2.38. The third-order valence-corrected chi connectivity index (χ3v) is 7.30. The van der Waals surface area contributed by atoms with Crippen molar-refractivity contribution >= 4 is 45.2 Å². The molecule has 1 aliphatic rings. The number of rotatable bonds is 8. The summed E-state index contributed by atoms with van der Waals surface area (Å²) in [5.74, 6) is 0.969. The van der Waals surface area contributed by atoms with E-state index >= 15 is 0 Å². The number of nitrogens with one attached hydrogen (secondary N) is 2. The molecule has 3 aromatic carbocycles. The van der Waals surface area contributed by atoms with E-state index in [0.29, 0.717) is 37.3 Å². The van der Waals surface area contributed by atoms with E-state index in [9.17, 15) is 9.59 Å². The predicted molar refractivity (Wildman–Crippen MR) is 139 cm³/mol. The second-order valence-corrected chi connectivity index (χ2v) is 9.99. The number of likely N-dealkylation sites (N-methyl/N-ethyl adjacent to an activating group) is 1. The molecule has 1 unspecified atom stereocenters. The van der Waals surface area contributed by atoms with Gasteiger partial charge < -0.3 is 15.2 Å². The molecule has 0 aliphatic carbocycles. The molecular weight excluding hydrogens is 460 g/mol. The second-order valence-electron chi connectivity index (χ2n) is 9.55. The molecule has 0 radical (unpaired) electrons. The number of fused-ring (bicyclic) bond motifs is 2. The molecule has 1 fully saturated rings. The molecule has 4 aromatic rings. The summed E-state index contributed by atoms with van der Waals surface area (Å²) in [7, 11) is 1.83. The van der Waals surface area contributed by atoms with Crippen molar-refractivity contribution in [3.8, 4) is 0 Å². The maximum atomic E-state index is 13.0. The number of imidazole rings is 1. The van der Waals surface area contributed by atoms with Gasteiger partial charge in [0.1, 0.15) is 5.82 Å². The number of hydrogen-bond acceptors (Lipinski definition) is 3. The molecular formula is C28H29ClN4O2. The molecule has 180 valence electrons. The number of halogens is 1. The quantitative estimate of drug-likeness (QED) is 0.364. The number of carbonyl (C=O) groups is 2. The van der Waals surface area contributed by atoms with Crippen LogP contribution in [0.4, 0.5) is 0 Å². The fraction of sp³-hybridized carbons (Fsp3) is 0.321. The highest BCUT2D eigenvalue weighted by atomic mass is 35.5. The van der Waals surface area contributed by atoms with Gasteiger partial charge in [-0.3, -0.25) is 9.59 Å². The summed E-state index contributed by atoms with van der Waals surface area (Å²) in [6, 6.07) is 20.2. The van der Waals surface area contributed by atoms with Crippen molar-refractivity contribution in [3.63, 3.8) is 0 Å². The summed E-state index contributed by atoms with van der Waals surface area (Å²) >= 11 is 6.06. The van der Waals surface area contributed by atoms with Crippen LogP contribution in [0.5, 0.6) is 0 Å². The Labute approximate surface area is 209 Å². The zero-order chi connectivity index (χ0) is 24.4. The highest BCUT2D eigenvalue weighted by molar-refractivity contribution is 6.31. The molecule has 1 atom stereocenters. The summed E-state index contributed by atoms with van der Waals surface area (Å²) in [6.45, 7) is 0.565. The minimum Gasteiger partial charge on any atom is -0.350 e. The van der Waals surface area contributed by atoms with Gasteiger partial charge in [0.05, 0.1) is 11.0 Å². The van der Waals surface area contributed by atoms with E-state index in [2.05, 4.69) is 45.6 Å². The zero-order valence-electron chi connectivity index (χ0n) is 19.8. The summed E-state index contributed by atoms with van der Waals surface area (Å²) < 4.78 is 0. The van der Waals surface area contributed by atoms with Crippen molar-refractivity contribution in [2.24, 2.45) is 0 Å². The van der Waals surface area contributed by atoms with Gasteiger partial charge in [0.15, 0.2) is 0 Å². The van der Waals surface area contributed by atoms with Crippen molar-refractivity contribution in [1.82, 2.24) is 20.2 Å². The maximum Gasteiger partial charge on any atom is 0.222 e. The van der Waals surface area contributed by atoms with E-state index in [1.165, 1.54) is 16.3 Å². The number of benzene rings is 3. The number of amides is 2. The Morgan fingerprint density at radius 3 is 2.80 bits per heavy atom. The number of H-pyrrole nitrogens is 1. The first kappa shape index (κ1) is 23.4. The zero-order valence-corrected chi connectivity index (χ0v) is 20.6. The smallest absolute Gasteiger partial charge is 0.222 e. The van der Waals surface area contributed by atoms with Gasteiger partial charge in [-0.15, -0.1) is 0 Å². The van der Waals surface area contributed by atoms with Crippen LogP contribution in [0.2, 0.25) is 5.02 Å². The summed E-state index contributed by atoms with van der Waals surface area (Å²) in [5, 5.41) is 6.27. The third kappa shape index (κ3) is 5.17. The summed E-state index contributed by atoms with van der Waals surface area (Å²) in [4.78, 5) is 34.8. The molecule has 2 heterocycles. The van der Waals surface area contributed by atoms with Gasteiger partial charge in [-0.05, 0) is 53.8 Å². The number of hydrogen-bond donors (Lipinski definition) is 2. The van der Waals surface area contributed by atoms with Crippen molar-refractivity contribution in [2.75, 3.05) is 13.6 Å². The Bertz CT molecular complexity index is 1390. The molecule has 2 N–H and O–H groups in total. The monoisotopic (exact) mass is 488 g/mol. The normalized spacial score (nSPS) is 17.7. The van der Waals surface area contributed by atoms with Crippen LogP contribution in [0.1, 0.15) is 37.1 Å². The van der Waals surface area contributed by atoms with Crippen LogP contribution in [0, 0.1) is 0 Å². The Morgan fingerprint density at radius 2 is 1.97 bits per heavy atom. The number of aromatic amines is 1. The average molecular weight is 489 g/mol. The Morgan fingerprint density at radius 1 is 1.14 bits per heavy atom. The lowest BCUT2D eigenvalue weighted by Gasteiger charge is -2.30. The molecule has 6 nitrogen and oxygen atoms in total. The van der Waals surface area contributed by atoms with Gasteiger partial charge in [0.25, 0.3) is 0 Å². The number of nitrogens with zero attached hydrogens (tertiary/aromatic N) is 2. The first-order valence-corrected chi connectivity index (χ1v) is 12.4. The lowest BCUT2D eigenvalue weighted by Crippen LogP contribution is -2.44. The van der Waals surface area contributed by atoms with Gasteiger partial charge in [-0.25, -0.2) is 4.98 Å². The molecule has 0 spiro atoms. The lowest BCUT2D eigenvalue weighted by molar-refractivity contribution is -0.130. The highest BCUT2D eigenvalue weighted by Crippen LogP contribution is 2.32. The first-order valence-electron chi connectivity index (χ1n) is 12.1. The predicted octanol–water partition coefficient (Wildman–Crippen LogP) is 5.04. The van der Waals surface area contributed by atoms with Gasteiger partial charge in [0, 0.05) is 43.4 Å². The fourth-order valence-corrected chi connectivity index (χ4v) is 5.25. The largest absolute Gasteiger partial charge is 0.350 e. The van der Waals surface area contributed by atoms with Crippen LogP contribution < -0.4 is 5.32 Å². The van der Waals surface area contributed by atoms with Gasteiger partial charge >= 0.3 is 0 Å². The molecule has 2 amide bonds. The minimum atomic E-state index is -0.393. The standard InChI is InChI=1S/C28H29ClN4O2/c1-33(16-13-25-30-23-10-9-21(29)17-24(23)31-25)27(35)12-15-28(14-11-26(34)32-28)18-20-7-4-6-19-5-2-3-8-22(19)20/h2-10,17H,11-16,18H2,1H3,(H,30,31)(H,32,34). The summed E-state index contributed by atoms with van der Waals surface area (Å²) in [5.41, 5.74) is 2.58. The van der Waals surface area contributed by atoms with E-state index in [1.54, 1.807) is 4.90 Å². The molecule has 7 heteroatoms. The number of carbonyl (C=O) groups excluding carboxylic acids is 2. The Hall–Kier alpha value is -3.38. The molecule has 1 aliphatic heterocycles. The topological polar surface area (TPSA) is 78.1 Å².